The van der Waals surface area contributed by atoms with E-state index in [1.54, 1.807) is 45.0 Å². The summed E-state index contributed by atoms with van der Waals surface area (Å²) in [6, 6.07) is 4.48. The fourth-order valence-corrected chi connectivity index (χ4v) is 4.69. The number of benzene rings is 1. The number of fused-ring (bicyclic) bond motifs is 1. The zero-order valence-corrected chi connectivity index (χ0v) is 26.4. The van der Waals surface area contributed by atoms with Gasteiger partial charge in [0, 0.05) is 37.8 Å². The molecule has 1 saturated carbocycles. The molecule has 13 heteroatoms. The summed E-state index contributed by atoms with van der Waals surface area (Å²) in [7, 11) is 1.70. The SMILES string of the molecule is CC(C)(C)OC(=O)N1CCCC(O)C1.CNc1cc(N(C(=O)OC(C)(C)C)c2cc(F)cc(F)c2)n2ncc(C3CC3)c2n1. The molecule has 0 bridgehead atoms. The monoisotopic (exact) mass is 616 g/mol. The van der Waals surface area contributed by atoms with Crippen LogP contribution in [0.25, 0.3) is 5.65 Å². The molecule has 1 aliphatic carbocycles. The van der Waals surface area contributed by atoms with Gasteiger partial charge in [-0.3, -0.25) is 0 Å². The number of halogens is 2. The normalized spacial score (nSPS) is 17.0. The van der Waals surface area contributed by atoms with Crippen molar-refractivity contribution in [3.63, 3.8) is 0 Å². The van der Waals surface area contributed by atoms with Crippen LogP contribution < -0.4 is 10.2 Å². The van der Waals surface area contributed by atoms with E-state index in [2.05, 4.69) is 15.4 Å². The number of β-amino-alcohol motifs (C(OH)–C–C–N with tert-alkyl or cyclic N) is 1. The molecule has 5 rings (SSSR count). The zero-order chi connectivity index (χ0) is 32.4. The number of hydrogen-bond donors (Lipinski definition) is 2. The highest BCUT2D eigenvalue weighted by atomic mass is 19.1. The summed E-state index contributed by atoms with van der Waals surface area (Å²) < 4.78 is 40.3. The molecule has 1 aromatic carbocycles. The first-order valence-electron chi connectivity index (χ1n) is 14.8. The second-order valence-corrected chi connectivity index (χ2v) is 13.0. The number of piperidine rings is 1. The predicted octanol–water partition coefficient (Wildman–Crippen LogP) is 6.38. The van der Waals surface area contributed by atoms with Crippen LogP contribution in [0.15, 0.2) is 30.5 Å². The van der Waals surface area contributed by atoms with E-state index in [0.717, 1.165) is 54.3 Å². The number of aliphatic hydroxyl groups is 1. The molecular formula is C31H42F2N6O5. The van der Waals surface area contributed by atoms with E-state index in [9.17, 15) is 23.5 Å². The minimum absolute atomic E-state index is 0.0141. The average Bonchev–Trinajstić information content (AvgIpc) is 3.65. The number of nitrogens with one attached hydrogen (secondary N) is 1. The van der Waals surface area contributed by atoms with Crippen LogP contribution in [-0.2, 0) is 9.47 Å². The Morgan fingerprint density at radius 3 is 2.18 bits per heavy atom. The number of ether oxygens (including phenoxy) is 2. The summed E-state index contributed by atoms with van der Waals surface area (Å²) >= 11 is 0. The molecule has 1 aliphatic heterocycles. The Kier molecular flexibility index (Phi) is 9.67. The van der Waals surface area contributed by atoms with E-state index in [4.69, 9.17) is 9.47 Å². The van der Waals surface area contributed by atoms with Crippen molar-refractivity contribution < 1.29 is 33.0 Å². The third-order valence-electron chi connectivity index (χ3n) is 6.71. The Morgan fingerprint density at radius 2 is 1.64 bits per heavy atom. The number of nitrogens with zero attached hydrogens (tertiary/aromatic N) is 5. The molecule has 240 valence electrons. The second-order valence-electron chi connectivity index (χ2n) is 13.0. The molecule has 2 aromatic heterocycles. The molecule has 0 radical (unpaired) electrons. The molecule has 2 aliphatic rings. The van der Waals surface area contributed by atoms with Crippen LogP contribution in [0, 0.1) is 11.6 Å². The third-order valence-corrected chi connectivity index (χ3v) is 6.71. The lowest BCUT2D eigenvalue weighted by molar-refractivity contribution is 0.00390. The quantitative estimate of drug-likeness (QED) is 0.347. The van der Waals surface area contributed by atoms with Crippen LogP contribution in [0.1, 0.15) is 78.7 Å². The van der Waals surface area contributed by atoms with Gasteiger partial charge in [-0.25, -0.2) is 28.3 Å². The van der Waals surface area contributed by atoms with Crippen molar-refractivity contribution in [2.75, 3.05) is 30.4 Å². The maximum absolute atomic E-state index is 14.0. The highest BCUT2D eigenvalue weighted by Crippen LogP contribution is 2.42. The Morgan fingerprint density at radius 1 is 1.00 bits per heavy atom. The summed E-state index contributed by atoms with van der Waals surface area (Å²) in [5.41, 5.74) is 0.273. The fraction of sp³-hybridized carbons (Fsp3) is 0.548. The zero-order valence-electron chi connectivity index (χ0n) is 26.4. The minimum Gasteiger partial charge on any atom is -0.444 e. The van der Waals surface area contributed by atoms with Gasteiger partial charge in [0.15, 0.2) is 5.65 Å². The molecule has 2 amide bonds. The van der Waals surface area contributed by atoms with Crippen LogP contribution in [0.2, 0.25) is 0 Å². The first-order chi connectivity index (χ1) is 20.5. The Hall–Kier alpha value is -4.00. The molecular weight excluding hydrogens is 574 g/mol. The lowest BCUT2D eigenvalue weighted by atomic mass is 10.1. The van der Waals surface area contributed by atoms with Crippen LogP contribution in [0.5, 0.6) is 0 Å². The number of amides is 2. The number of aliphatic hydroxyl groups excluding tert-OH is 1. The van der Waals surface area contributed by atoms with E-state index in [1.807, 2.05) is 20.8 Å². The van der Waals surface area contributed by atoms with Gasteiger partial charge in [0.2, 0.25) is 0 Å². The standard InChI is InChI=1S/C21H23F2N5O2.C10H19NO3/c1-21(2,3)30-20(29)27(15-8-13(22)7-14(23)9-15)18-10-17(24-4)26-19-16(12-5-6-12)11-25-28(18)19;1-10(2,3)14-9(13)11-6-4-5-8(12)7-11/h7-12H,5-6H2,1-4H3,(H,24,26);8,12H,4-7H2,1-3H3. The number of anilines is 3. The maximum atomic E-state index is 14.0. The summed E-state index contributed by atoms with van der Waals surface area (Å²) in [5.74, 6) is -0.494. The third kappa shape index (κ3) is 8.55. The van der Waals surface area contributed by atoms with Gasteiger partial charge in [0.1, 0.15) is 34.5 Å². The second kappa shape index (κ2) is 12.9. The van der Waals surface area contributed by atoms with Crippen molar-refractivity contribution in [2.45, 2.75) is 90.4 Å². The van der Waals surface area contributed by atoms with Gasteiger partial charge < -0.3 is 24.8 Å². The molecule has 2 N–H and O–H groups in total. The number of rotatable bonds is 4. The van der Waals surface area contributed by atoms with Crippen LogP contribution in [0.4, 0.5) is 35.7 Å². The summed E-state index contributed by atoms with van der Waals surface area (Å²) in [5, 5.41) is 16.8. The summed E-state index contributed by atoms with van der Waals surface area (Å²) in [6.45, 7) is 11.8. The average molecular weight is 617 g/mol. The van der Waals surface area contributed by atoms with E-state index in [0.29, 0.717) is 30.5 Å². The summed E-state index contributed by atoms with van der Waals surface area (Å²) in [4.78, 5) is 32.0. The first-order valence-corrected chi connectivity index (χ1v) is 14.8. The van der Waals surface area contributed by atoms with Gasteiger partial charge in [-0.2, -0.15) is 9.61 Å². The van der Waals surface area contributed by atoms with E-state index >= 15 is 0 Å². The molecule has 1 atom stereocenters. The predicted molar refractivity (Wildman–Crippen MR) is 162 cm³/mol. The van der Waals surface area contributed by atoms with E-state index in [-0.39, 0.29) is 17.6 Å². The highest BCUT2D eigenvalue weighted by molar-refractivity contribution is 5.96. The molecule has 3 aromatic rings. The maximum Gasteiger partial charge on any atom is 0.420 e. The fourth-order valence-electron chi connectivity index (χ4n) is 4.69. The van der Waals surface area contributed by atoms with Crippen LogP contribution in [-0.4, -0.2) is 74.2 Å². The lowest BCUT2D eigenvalue weighted by Gasteiger charge is -2.32. The Bertz CT molecular complexity index is 1470. The van der Waals surface area contributed by atoms with Gasteiger partial charge >= 0.3 is 12.2 Å². The van der Waals surface area contributed by atoms with Gasteiger partial charge in [0.05, 0.1) is 18.0 Å². The van der Waals surface area contributed by atoms with Crippen LogP contribution in [0.3, 0.4) is 0 Å². The number of likely N-dealkylation sites (tertiary alicyclic amines) is 1. The number of hydrogen-bond acceptors (Lipinski definition) is 8. The van der Waals surface area contributed by atoms with Crippen LogP contribution >= 0.6 is 0 Å². The van der Waals surface area contributed by atoms with Crippen molar-refractivity contribution in [3.8, 4) is 0 Å². The molecule has 2 fully saturated rings. The van der Waals surface area contributed by atoms with Crippen molar-refractivity contribution in [1.29, 1.82) is 0 Å². The van der Waals surface area contributed by atoms with Gasteiger partial charge in [-0.15, -0.1) is 0 Å². The largest absolute Gasteiger partial charge is 0.444 e. The molecule has 11 nitrogen and oxygen atoms in total. The minimum atomic E-state index is -0.817. The van der Waals surface area contributed by atoms with E-state index in [1.165, 1.54) is 4.52 Å². The van der Waals surface area contributed by atoms with Gasteiger partial charge in [-0.1, -0.05) is 0 Å². The van der Waals surface area contributed by atoms with E-state index < -0.39 is 35.0 Å². The Labute approximate surface area is 256 Å². The molecule has 1 saturated heterocycles. The summed E-state index contributed by atoms with van der Waals surface area (Å²) in [6.07, 6.45) is 3.94. The highest BCUT2D eigenvalue weighted by Gasteiger charge is 2.32. The lowest BCUT2D eigenvalue weighted by Crippen LogP contribution is -2.44. The van der Waals surface area contributed by atoms with Crippen molar-refractivity contribution >= 4 is 35.2 Å². The Balaban J connectivity index is 0.000000265. The topological polar surface area (TPSA) is 122 Å². The molecule has 0 spiro atoms. The first kappa shape index (κ1) is 32.9. The van der Waals surface area contributed by atoms with Gasteiger partial charge in [-0.05, 0) is 85.3 Å². The number of carbonyl (C=O) groups excluding carboxylic acids is 2. The van der Waals surface area contributed by atoms with Crippen molar-refractivity contribution in [2.24, 2.45) is 0 Å². The number of aromatic nitrogens is 3. The molecule has 1 unspecified atom stereocenters. The van der Waals surface area contributed by atoms with Crippen molar-refractivity contribution in [3.05, 3.63) is 47.7 Å². The molecule has 44 heavy (non-hydrogen) atoms. The van der Waals surface area contributed by atoms with Crippen molar-refractivity contribution in [1.82, 2.24) is 19.5 Å². The molecule has 3 heterocycles. The van der Waals surface area contributed by atoms with Gasteiger partial charge in [0.25, 0.3) is 0 Å². The smallest absolute Gasteiger partial charge is 0.420 e. The number of carbonyl (C=O) groups is 2.